The molecule has 2 aromatic rings. The van der Waals surface area contributed by atoms with Crippen LogP contribution in [0.1, 0.15) is 16.1 Å². The molecule has 0 N–H and O–H groups in total. The second-order valence-corrected chi connectivity index (χ2v) is 4.77. The molecule has 1 aromatic heterocycles. The first-order valence-corrected chi connectivity index (χ1v) is 6.07. The van der Waals surface area contributed by atoms with Crippen LogP contribution in [0.15, 0.2) is 30.5 Å². The van der Waals surface area contributed by atoms with Crippen LogP contribution in [0.3, 0.4) is 0 Å². The zero-order valence-electron chi connectivity index (χ0n) is 9.48. The van der Waals surface area contributed by atoms with Crippen LogP contribution in [0.25, 0.3) is 0 Å². The lowest BCUT2D eigenvalue weighted by Gasteiger charge is -2.04. The normalized spacial score (nSPS) is 10.3. The van der Waals surface area contributed by atoms with Crippen molar-refractivity contribution in [3.8, 4) is 5.75 Å². The van der Waals surface area contributed by atoms with Crippen LogP contribution in [0, 0.1) is 3.57 Å². The second-order valence-electron chi connectivity index (χ2n) is 3.52. The number of methoxy groups -OCH3 is 1. The van der Waals surface area contributed by atoms with Gasteiger partial charge in [-0.05, 0) is 46.9 Å². The van der Waals surface area contributed by atoms with E-state index in [1.54, 1.807) is 25.4 Å². The van der Waals surface area contributed by atoms with E-state index in [4.69, 9.17) is 4.74 Å². The summed E-state index contributed by atoms with van der Waals surface area (Å²) in [5.41, 5.74) is 1.10. The molecule has 0 saturated carbocycles. The summed E-state index contributed by atoms with van der Waals surface area (Å²) in [6.07, 6.45) is 1.54. The van der Waals surface area contributed by atoms with E-state index in [1.165, 1.54) is 11.8 Å². The fourth-order valence-corrected chi connectivity index (χ4v) is 1.92. The molecular weight excluding hydrogens is 331 g/mol. The average molecular weight is 342 g/mol. The molecule has 0 fully saturated rings. The van der Waals surface area contributed by atoms with Crippen LogP contribution in [0.4, 0.5) is 0 Å². The molecule has 17 heavy (non-hydrogen) atoms. The predicted molar refractivity (Wildman–Crippen MR) is 72.4 cm³/mol. The van der Waals surface area contributed by atoms with Crippen molar-refractivity contribution in [3.63, 3.8) is 0 Å². The van der Waals surface area contributed by atoms with Crippen LogP contribution in [-0.4, -0.2) is 22.7 Å². The molecular formula is C12H11IN2O2. The van der Waals surface area contributed by atoms with Crippen molar-refractivity contribution >= 4 is 28.4 Å². The Morgan fingerprint density at radius 1 is 1.35 bits per heavy atom. The van der Waals surface area contributed by atoms with Crippen LogP contribution >= 0.6 is 22.6 Å². The summed E-state index contributed by atoms with van der Waals surface area (Å²) in [6, 6.07) is 7.40. The number of benzene rings is 1. The smallest absolute Gasteiger partial charge is 0.214 e. The van der Waals surface area contributed by atoms with E-state index < -0.39 is 0 Å². The summed E-state index contributed by atoms with van der Waals surface area (Å²) in [5.74, 6) is 0.411. The summed E-state index contributed by atoms with van der Waals surface area (Å²) in [6.45, 7) is 0. The van der Waals surface area contributed by atoms with Crippen molar-refractivity contribution in [2.75, 3.05) is 7.11 Å². The molecule has 0 spiro atoms. The summed E-state index contributed by atoms with van der Waals surface area (Å²) >= 11 is 2.20. The van der Waals surface area contributed by atoms with Crippen LogP contribution in [0.5, 0.6) is 5.75 Å². The topological polar surface area (TPSA) is 44.1 Å². The van der Waals surface area contributed by atoms with E-state index in [0.717, 1.165) is 3.57 Å². The Hall–Kier alpha value is -1.37. The Morgan fingerprint density at radius 3 is 2.59 bits per heavy atom. The van der Waals surface area contributed by atoms with E-state index in [2.05, 4.69) is 27.7 Å². The number of carbonyl (C=O) groups is 1. The van der Waals surface area contributed by atoms with Gasteiger partial charge in [-0.25, -0.2) is 0 Å². The van der Waals surface area contributed by atoms with Gasteiger partial charge in [0.25, 0.3) is 0 Å². The number of halogens is 1. The minimum Gasteiger partial charge on any atom is -0.493 e. The van der Waals surface area contributed by atoms with Crippen molar-refractivity contribution in [2.24, 2.45) is 7.05 Å². The lowest BCUT2D eigenvalue weighted by Crippen LogP contribution is -2.09. The lowest BCUT2D eigenvalue weighted by atomic mass is 10.1. The standard InChI is InChI=1S/C12H11IN2O2/c1-15-11(10(17-2)7-14-15)12(16)8-3-5-9(13)6-4-8/h3-7H,1-2H3. The maximum absolute atomic E-state index is 12.3. The Labute approximate surface area is 113 Å². The minimum absolute atomic E-state index is 0.0850. The van der Waals surface area contributed by atoms with Crippen molar-refractivity contribution in [1.29, 1.82) is 0 Å². The molecule has 0 saturated heterocycles. The van der Waals surface area contributed by atoms with Crippen LogP contribution in [0.2, 0.25) is 0 Å². The highest BCUT2D eigenvalue weighted by atomic mass is 127. The third kappa shape index (κ3) is 2.33. The molecule has 0 aliphatic carbocycles. The molecule has 0 atom stereocenters. The van der Waals surface area contributed by atoms with E-state index in [9.17, 15) is 4.79 Å². The molecule has 0 amide bonds. The van der Waals surface area contributed by atoms with Gasteiger partial charge in [0, 0.05) is 16.2 Å². The third-order valence-electron chi connectivity index (χ3n) is 2.45. The first-order chi connectivity index (χ1) is 8.13. The molecule has 1 heterocycles. The first-order valence-electron chi connectivity index (χ1n) is 4.99. The second kappa shape index (κ2) is 4.87. The molecule has 0 aliphatic heterocycles. The van der Waals surface area contributed by atoms with Gasteiger partial charge in [0.15, 0.2) is 11.4 Å². The van der Waals surface area contributed by atoms with Crippen LogP contribution in [-0.2, 0) is 7.05 Å². The van der Waals surface area contributed by atoms with Gasteiger partial charge in [0.1, 0.15) is 0 Å². The van der Waals surface area contributed by atoms with Gasteiger partial charge in [0.2, 0.25) is 5.78 Å². The molecule has 2 rings (SSSR count). The number of ketones is 1. The molecule has 5 heteroatoms. The number of hydrogen-bond acceptors (Lipinski definition) is 3. The minimum atomic E-state index is -0.0850. The number of nitrogens with zero attached hydrogens (tertiary/aromatic N) is 2. The number of rotatable bonds is 3. The highest BCUT2D eigenvalue weighted by Crippen LogP contribution is 2.20. The lowest BCUT2D eigenvalue weighted by molar-refractivity contribution is 0.102. The van der Waals surface area contributed by atoms with Gasteiger partial charge in [0.05, 0.1) is 13.3 Å². The number of aryl methyl sites for hydroxylation is 1. The Balaban J connectivity index is 2.43. The van der Waals surface area contributed by atoms with Gasteiger partial charge in [-0.2, -0.15) is 5.10 Å². The van der Waals surface area contributed by atoms with E-state index in [1.807, 2.05) is 12.1 Å². The SMILES string of the molecule is COc1cnn(C)c1C(=O)c1ccc(I)cc1. The van der Waals surface area contributed by atoms with Crippen molar-refractivity contribution in [2.45, 2.75) is 0 Å². The zero-order valence-corrected chi connectivity index (χ0v) is 11.6. The van der Waals surface area contributed by atoms with Gasteiger partial charge >= 0.3 is 0 Å². The quantitative estimate of drug-likeness (QED) is 0.635. The Kier molecular flexibility index (Phi) is 3.46. The number of aromatic nitrogens is 2. The van der Waals surface area contributed by atoms with Crippen molar-refractivity contribution < 1.29 is 9.53 Å². The Morgan fingerprint density at radius 2 is 2.00 bits per heavy atom. The first kappa shape index (κ1) is 12.1. The largest absolute Gasteiger partial charge is 0.493 e. The summed E-state index contributed by atoms with van der Waals surface area (Å²) in [4.78, 5) is 12.3. The van der Waals surface area contributed by atoms with E-state index in [-0.39, 0.29) is 5.78 Å². The highest BCUT2D eigenvalue weighted by Gasteiger charge is 2.18. The molecule has 88 valence electrons. The molecule has 4 nitrogen and oxygen atoms in total. The van der Waals surface area contributed by atoms with Gasteiger partial charge in [-0.3, -0.25) is 9.48 Å². The molecule has 1 aromatic carbocycles. The zero-order chi connectivity index (χ0) is 12.4. The maximum atomic E-state index is 12.3. The van der Waals surface area contributed by atoms with Gasteiger partial charge < -0.3 is 4.74 Å². The fraction of sp³-hybridized carbons (Fsp3) is 0.167. The summed E-state index contributed by atoms with van der Waals surface area (Å²) < 4.78 is 7.75. The number of carbonyl (C=O) groups excluding carboxylic acids is 1. The van der Waals surface area contributed by atoms with Gasteiger partial charge in [-0.15, -0.1) is 0 Å². The number of ether oxygens (including phenoxy) is 1. The highest BCUT2D eigenvalue weighted by molar-refractivity contribution is 14.1. The summed E-state index contributed by atoms with van der Waals surface area (Å²) in [5, 5.41) is 4.02. The van der Waals surface area contributed by atoms with Gasteiger partial charge in [-0.1, -0.05) is 0 Å². The fourth-order valence-electron chi connectivity index (χ4n) is 1.56. The molecule has 0 aliphatic rings. The molecule has 0 bridgehead atoms. The predicted octanol–water partition coefficient (Wildman–Crippen LogP) is 2.26. The third-order valence-corrected chi connectivity index (χ3v) is 3.17. The maximum Gasteiger partial charge on any atom is 0.214 e. The number of hydrogen-bond donors (Lipinski definition) is 0. The molecule has 0 radical (unpaired) electrons. The summed E-state index contributed by atoms with van der Waals surface area (Å²) in [7, 11) is 3.25. The monoisotopic (exact) mass is 342 g/mol. The van der Waals surface area contributed by atoms with Crippen molar-refractivity contribution in [3.05, 3.63) is 45.3 Å². The average Bonchev–Trinajstić information content (AvgIpc) is 2.70. The Bertz CT molecular complexity index is 546. The molecule has 0 unspecified atom stereocenters. The van der Waals surface area contributed by atoms with Crippen molar-refractivity contribution in [1.82, 2.24) is 9.78 Å². The van der Waals surface area contributed by atoms with Crippen LogP contribution < -0.4 is 4.74 Å². The van der Waals surface area contributed by atoms with E-state index >= 15 is 0 Å². The van der Waals surface area contributed by atoms with E-state index in [0.29, 0.717) is 17.0 Å².